The van der Waals surface area contributed by atoms with Crippen LogP contribution in [0.2, 0.25) is 0 Å². The molecule has 1 aliphatic heterocycles. The average Bonchev–Trinajstić information content (AvgIpc) is 2.93. The number of hydrogen-bond donors (Lipinski definition) is 0. The van der Waals surface area contributed by atoms with Crippen LogP contribution in [0.3, 0.4) is 0 Å². The van der Waals surface area contributed by atoms with Crippen molar-refractivity contribution < 1.29 is 26.4 Å². The second-order valence-corrected chi connectivity index (χ2v) is 7.04. The quantitative estimate of drug-likeness (QED) is 0.783. The molecule has 0 aliphatic carbocycles. The Hall–Kier alpha value is -1.61. The molecule has 22 heavy (non-hydrogen) atoms. The predicted molar refractivity (Wildman–Crippen MR) is 71.9 cm³/mol. The molecule has 1 aromatic carbocycles. The van der Waals surface area contributed by atoms with Gasteiger partial charge in [0.2, 0.25) is 15.9 Å². The first kappa shape index (κ1) is 16.8. The highest BCUT2D eigenvalue weighted by Gasteiger charge is 2.41. The fraction of sp³-hybridized carbons (Fsp3) is 0.462. The van der Waals surface area contributed by atoms with Crippen molar-refractivity contribution in [3.8, 4) is 0 Å². The lowest BCUT2D eigenvalue weighted by Crippen LogP contribution is -2.45. The minimum Gasteiger partial charge on any atom is -0.347 e. The summed E-state index contributed by atoms with van der Waals surface area (Å²) in [6.07, 6.45) is 0.719. The van der Waals surface area contributed by atoms with E-state index >= 15 is 0 Å². The van der Waals surface area contributed by atoms with Gasteiger partial charge in [0.1, 0.15) is 10.9 Å². The molecule has 1 amide bonds. The van der Waals surface area contributed by atoms with Gasteiger partial charge in [-0.15, -0.1) is 0 Å². The van der Waals surface area contributed by atoms with Crippen LogP contribution in [0.1, 0.15) is 12.8 Å². The molecule has 1 atom stereocenters. The summed E-state index contributed by atoms with van der Waals surface area (Å²) in [5, 5.41) is 0. The number of hydrogen-bond acceptors (Lipinski definition) is 3. The summed E-state index contributed by atoms with van der Waals surface area (Å²) < 4.78 is 65.8. The average molecular weight is 336 g/mol. The molecule has 1 fully saturated rings. The van der Waals surface area contributed by atoms with Crippen LogP contribution in [0.5, 0.6) is 0 Å². The van der Waals surface area contributed by atoms with Crippen molar-refractivity contribution in [1.29, 1.82) is 0 Å². The Balaban J connectivity index is 2.46. The van der Waals surface area contributed by atoms with E-state index in [0.717, 1.165) is 4.31 Å². The van der Waals surface area contributed by atoms with Crippen molar-refractivity contribution in [3.63, 3.8) is 0 Å². The minimum absolute atomic E-state index is 0.0189. The van der Waals surface area contributed by atoms with E-state index in [1.54, 1.807) is 0 Å². The third-order valence-electron chi connectivity index (χ3n) is 3.52. The molecule has 0 N–H and O–H groups in total. The van der Waals surface area contributed by atoms with E-state index in [1.807, 2.05) is 0 Å². The monoisotopic (exact) mass is 336 g/mol. The molecule has 1 aromatic rings. The fourth-order valence-electron chi connectivity index (χ4n) is 2.41. The van der Waals surface area contributed by atoms with Crippen molar-refractivity contribution in [2.75, 3.05) is 20.6 Å². The van der Waals surface area contributed by atoms with Gasteiger partial charge in [0.15, 0.2) is 17.5 Å². The highest BCUT2D eigenvalue weighted by Crippen LogP contribution is 2.29. The van der Waals surface area contributed by atoms with Crippen molar-refractivity contribution in [3.05, 3.63) is 29.6 Å². The van der Waals surface area contributed by atoms with Crippen LogP contribution >= 0.6 is 0 Å². The Morgan fingerprint density at radius 2 is 1.86 bits per heavy atom. The van der Waals surface area contributed by atoms with Gasteiger partial charge in [0.25, 0.3) is 0 Å². The summed E-state index contributed by atoms with van der Waals surface area (Å²) in [7, 11) is -1.48. The Bertz CT molecular complexity index is 707. The maximum Gasteiger partial charge on any atom is 0.246 e. The lowest BCUT2D eigenvalue weighted by Gasteiger charge is -2.25. The maximum absolute atomic E-state index is 13.8. The van der Waals surface area contributed by atoms with E-state index in [9.17, 15) is 26.4 Å². The van der Waals surface area contributed by atoms with Crippen LogP contribution in [0, 0.1) is 17.5 Å². The lowest BCUT2D eigenvalue weighted by atomic mass is 10.2. The lowest BCUT2D eigenvalue weighted by molar-refractivity contribution is -0.132. The van der Waals surface area contributed by atoms with Crippen LogP contribution in [0.25, 0.3) is 0 Å². The first-order valence-electron chi connectivity index (χ1n) is 6.54. The molecular formula is C13H15F3N2O3S. The number of likely N-dealkylation sites (N-methyl/N-ethyl adjacent to an activating group) is 1. The van der Waals surface area contributed by atoms with Crippen LogP contribution in [-0.4, -0.2) is 50.2 Å². The Morgan fingerprint density at radius 1 is 1.23 bits per heavy atom. The Kier molecular flexibility index (Phi) is 4.48. The summed E-state index contributed by atoms with van der Waals surface area (Å²) in [5.74, 6) is -5.54. The smallest absolute Gasteiger partial charge is 0.246 e. The number of carbonyl (C=O) groups is 1. The van der Waals surface area contributed by atoms with Gasteiger partial charge in [-0.3, -0.25) is 4.79 Å². The maximum atomic E-state index is 13.8. The van der Waals surface area contributed by atoms with E-state index < -0.39 is 44.3 Å². The van der Waals surface area contributed by atoms with Gasteiger partial charge in [-0.1, -0.05) is 0 Å². The van der Waals surface area contributed by atoms with Gasteiger partial charge in [0, 0.05) is 20.6 Å². The highest BCUT2D eigenvalue weighted by atomic mass is 32.2. The standard InChI is InChI=1S/C13H15F3N2O3S/c1-17(2)13(19)9-4-3-7-18(9)22(20,21)10-6-5-8(14)11(15)12(10)16/h5-6,9H,3-4,7H2,1-2H3. The van der Waals surface area contributed by atoms with Crippen molar-refractivity contribution in [2.45, 2.75) is 23.8 Å². The molecule has 1 unspecified atom stereocenters. The van der Waals surface area contributed by atoms with Gasteiger partial charge in [-0.25, -0.2) is 21.6 Å². The number of carbonyl (C=O) groups excluding carboxylic acids is 1. The predicted octanol–water partition coefficient (Wildman–Crippen LogP) is 1.35. The minimum atomic E-state index is -4.43. The number of rotatable bonds is 3. The molecule has 1 aliphatic rings. The van der Waals surface area contributed by atoms with Crippen LogP contribution in [0.15, 0.2) is 17.0 Å². The molecule has 0 radical (unpaired) electrons. The summed E-state index contributed by atoms with van der Waals surface area (Å²) >= 11 is 0. The van der Waals surface area contributed by atoms with E-state index in [1.165, 1.54) is 19.0 Å². The molecule has 2 rings (SSSR count). The summed E-state index contributed by atoms with van der Waals surface area (Å²) in [6.45, 7) is 0.0189. The van der Waals surface area contributed by atoms with E-state index in [-0.39, 0.29) is 6.54 Å². The number of nitrogens with zero attached hydrogens (tertiary/aromatic N) is 2. The fourth-order valence-corrected chi connectivity index (χ4v) is 4.12. The molecule has 1 heterocycles. The Morgan fingerprint density at radius 3 is 2.45 bits per heavy atom. The molecule has 0 bridgehead atoms. The van der Waals surface area contributed by atoms with Gasteiger partial charge < -0.3 is 4.90 Å². The Labute approximate surface area is 126 Å². The molecule has 0 aromatic heterocycles. The zero-order valence-electron chi connectivity index (χ0n) is 12.0. The van der Waals surface area contributed by atoms with Gasteiger partial charge >= 0.3 is 0 Å². The third-order valence-corrected chi connectivity index (χ3v) is 5.44. The van der Waals surface area contributed by atoms with E-state index in [2.05, 4.69) is 0 Å². The van der Waals surface area contributed by atoms with E-state index in [4.69, 9.17) is 0 Å². The highest BCUT2D eigenvalue weighted by molar-refractivity contribution is 7.89. The molecular weight excluding hydrogens is 321 g/mol. The first-order chi connectivity index (χ1) is 10.2. The second kappa shape index (κ2) is 5.88. The van der Waals surface area contributed by atoms with Crippen molar-refractivity contribution >= 4 is 15.9 Å². The second-order valence-electron chi connectivity index (χ2n) is 5.18. The van der Waals surface area contributed by atoms with Gasteiger partial charge in [-0.05, 0) is 25.0 Å². The van der Waals surface area contributed by atoms with Gasteiger partial charge in [0.05, 0.1) is 0 Å². The number of sulfonamides is 1. The zero-order chi connectivity index (χ0) is 16.7. The molecule has 5 nitrogen and oxygen atoms in total. The van der Waals surface area contributed by atoms with Crippen molar-refractivity contribution in [2.24, 2.45) is 0 Å². The van der Waals surface area contributed by atoms with Crippen molar-refractivity contribution in [1.82, 2.24) is 9.21 Å². The summed E-state index contributed by atoms with van der Waals surface area (Å²) in [5.41, 5.74) is 0. The molecule has 0 saturated carbocycles. The number of amides is 1. The number of halogens is 3. The molecule has 9 heteroatoms. The molecule has 0 spiro atoms. The largest absolute Gasteiger partial charge is 0.347 e. The van der Waals surface area contributed by atoms with E-state index in [0.29, 0.717) is 25.0 Å². The van der Waals surface area contributed by atoms with Crippen LogP contribution < -0.4 is 0 Å². The first-order valence-corrected chi connectivity index (χ1v) is 7.98. The summed E-state index contributed by atoms with van der Waals surface area (Å²) in [6, 6.07) is 0.246. The van der Waals surface area contributed by atoms with Gasteiger partial charge in [-0.2, -0.15) is 4.31 Å². The molecule has 122 valence electrons. The third kappa shape index (κ3) is 2.70. The molecule has 1 saturated heterocycles. The van der Waals surface area contributed by atoms with Crippen LogP contribution in [0.4, 0.5) is 13.2 Å². The normalized spacial score (nSPS) is 19.4. The summed E-state index contributed by atoms with van der Waals surface area (Å²) in [4.78, 5) is 12.3. The zero-order valence-corrected chi connectivity index (χ0v) is 12.8. The number of benzene rings is 1. The van der Waals surface area contributed by atoms with Crippen LogP contribution in [-0.2, 0) is 14.8 Å². The SMILES string of the molecule is CN(C)C(=O)C1CCCN1S(=O)(=O)c1ccc(F)c(F)c1F. The topological polar surface area (TPSA) is 57.7 Å².